The maximum Gasteiger partial charge on any atom is 0.344 e. The summed E-state index contributed by atoms with van der Waals surface area (Å²) in [4.78, 5) is 22.0. The van der Waals surface area contributed by atoms with Crippen LogP contribution in [0.25, 0.3) is 0 Å². The molecule has 6 nitrogen and oxygen atoms in total. The van der Waals surface area contributed by atoms with Crippen molar-refractivity contribution in [1.29, 1.82) is 0 Å². The van der Waals surface area contributed by atoms with Crippen molar-refractivity contribution in [3.63, 3.8) is 0 Å². The Bertz CT molecular complexity index is 373. The number of aromatic amines is 2. The zero-order chi connectivity index (χ0) is 9.30. The molecule has 1 rings (SSSR count). The number of rotatable bonds is 2. The Morgan fingerprint density at radius 2 is 1.92 bits per heavy atom. The molecule has 0 aromatic carbocycles. The van der Waals surface area contributed by atoms with E-state index in [-0.39, 0.29) is 4.99 Å². The first-order valence-electron chi connectivity index (χ1n) is 3.22. The average molecular weight is 188 g/mol. The average Bonchev–Trinajstić information content (AvgIpc) is 2.30. The predicted octanol–water partition coefficient (Wildman–Crippen LogP) is -1.29. The van der Waals surface area contributed by atoms with E-state index in [1.165, 1.54) is 0 Å². The molecule has 66 valence electrons. The third kappa shape index (κ3) is 1.30. The summed E-state index contributed by atoms with van der Waals surface area (Å²) >= 11 is 4.64. The van der Waals surface area contributed by atoms with Gasteiger partial charge in [-0.05, 0) is 6.92 Å². The SMILES string of the molecule is CC(C(N)=S)n1c(=O)[nH][nH]c1=O. The van der Waals surface area contributed by atoms with Crippen molar-refractivity contribution >= 4 is 17.2 Å². The van der Waals surface area contributed by atoms with E-state index in [0.29, 0.717) is 0 Å². The lowest BCUT2D eigenvalue weighted by atomic mass is 10.3. The van der Waals surface area contributed by atoms with Crippen molar-refractivity contribution in [2.75, 3.05) is 0 Å². The minimum absolute atomic E-state index is 0.0993. The summed E-state index contributed by atoms with van der Waals surface area (Å²) in [7, 11) is 0. The highest BCUT2D eigenvalue weighted by atomic mass is 32.1. The van der Waals surface area contributed by atoms with Crippen molar-refractivity contribution in [1.82, 2.24) is 14.8 Å². The molecule has 7 heteroatoms. The first-order chi connectivity index (χ1) is 5.54. The molecule has 0 amide bonds. The van der Waals surface area contributed by atoms with Crippen LogP contribution in [-0.2, 0) is 0 Å². The summed E-state index contributed by atoms with van der Waals surface area (Å²) in [6.45, 7) is 1.58. The summed E-state index contributed by atoms with van der Waals surface area (Å²) < 4.78 is 0.919. The van der Waals surface area contributed by atoms with E-state index in [4.69, 9.17) is 5.73 Å². The van der Waals surface area contributed by atoms with Crippen molar-refractivity contribution in [3.8, 4) is 0 Å². The number of thiocarbonyl (C=S) groups is 1. The number of H-pyrrole nitrogens is 2. The maximum absolute atomic E-state index is 10.9. The summed E-state index contributed by atoms with van der Waals surface area (Å²) in [5.74, 6) is 0. The van der Waals surface area contributed by atoms with Crippen LogP contribution in [0.5, 0.6) is 0 Å². The van der Waals surface area contributed by atoms with E-state index in [9.17, 15) is 9.59 Å². The van der Waals surface area contributed by atoms with E-state index in [1.807, 2.05) is 0 Å². The summed E-state index contributed by atoms with van der Waals surface area (Å²) in [5.41, 5.74) is 4.19. The highest BCUT2D eigenvalue weighted by molar-refractivity contribution is 7.80. The molecule has 12 heavy (non-hydrogen) atoms. The molecule has 0 saturated carbocycles. The fourth-order valence-corrected chi connectivity index (χ4v) is 0.904. The number of aromatic nitrogens is 3. The van der Waals surface area contributed by atoms with E-state index in [2.05, 4.69) is 22.4 Å². The number of nitrogens with two attached hydrogens (primary N) is 1. The third-order valence-corrected chi connectivity index (χ3v) is 1.85. The van der Waals surface area contributed by atoms with Crippen molar-refractivity contribution in [3.05, 3.63) is 21.0 Å². The molecular formula is C5H8N4O2S. The van der Waals surface area contributed by atoms with Crippen LogP contribution in [0.2, 0.25) is 0 Å². The highest BCUT2D eigenvalue weighted by Gasteiger charge is 2.13. The minimum Gasteiger partial charge on any atom is -0.392 e. The normalized spacial score (nSPS) is 12.8. The first kappa shape index (κ1) is 8.72. The second kappa shape index (κ2) is 2.94. The molecule has 1 atom stereocenters. The van der Waals surface area contributed by atoms with Crippen LogP contribution >= 0.6 is 12.2 Å². The lowest BCUT2D eigenvalue weighted by molar-refractivity contribution is 0.648. The van der Waals surface area contributed by atoms with Gasteiger partial charge in [-0.2, -0.15) is 0 Å². The standard InChI is InChI=1S/C5H8N4O2S/c1-2(3(6)12)9-4(10)7-8-5(9)11/h2H,1H3,(H2,6,12)(H,7,10)(H,8,11). The summed E-state index contributed by atoms with van der Waals surface area (Å²) in [6.07, 6.45) is 0. The van der Waals surface area contributed by atoms with E-state index < -0.39 is 17.4 Å². The Morgan fingerprint density at radius 1 is 1.50 bits per heavy atom. The van der Waals surface area contributed by atoms with Gasteiger partial charge in [-0.3, -0.25) is 0 Å². The lowest BCUT2D eigenvalue weighted by Crippen LogP contribution is -2.35. The fourth-order valence-electron chi connectivity index (χ4n) is 0.799. The largest absolute Gasteiger partial charge is 0.392 e. The molecule has 1 aromatic heterocycles. The number of nitrogens with one attached hydrogen (secondary N) is 2. The Hall–Kier alpha value is -1.37. The molecule has 1 aromatic rings. The van der Waals surface area contributed by atoms with Gasteiger partial charge in [-0.25, -0.2) is 24.4 Å². The van der Waals surface area contributed by atoms with E-state index in [0.717, 1.165) is 4.57 Å². The molecular weight excluding hydrogens is 180 g/mol. The Morgan fingerprint density at radius 3 is 2.25 bits per heavy atom. The second-order valence-electron chi connectivity index (χ2n) is 2.31. The molecule has 1 unspecified atom stereocenters. The molecule has 0 bridgehead atoms. The lowest BCUT2D eigenvalue weighted by Gasteiger charge is -2.06. The van der Waals surface area contributed by atoms with E-state index >= 15 is 0 Å². The monoisotopic (exact) mass is 188 g/mol. The van der Waals surface area contributed by atoms with Crippen LogP contribution in [0.4, 0.5) is 0 Å². The van der Waals surface area contributed by atoms with Crippen LogP contribution < -0.4 is 17.1 Å². The fraction of sp³-hybridized carbons (Fsp3) is 0.400. The van der Waals surface area contributed by atoms with Gasteiger partial charge in [-0.15, -0.1) is 0 Å². The molecule has 0 spiro atoms. The molecule has 0 radical (unpaired) electrons. The van der Waals surface area contributed by atoms with Gasteiger partial charge < -0.3 is 5.73 Å². The molecule has 4 N–H and O–H groups in total. The van der Waals surface area contributed by atoms with Crippen molar-refractivity contribution in [2.24, 2.45) is 5.73 Å². The van der Waals surface area contributed by atoms with Crippen molar-refractivity contribution < 1.29 is 0 Å². The number of hydrogen-bond acceptors (Lipinski definition) is 3. The zero-order valence-corrected chi connectivity index (χ0v) is 7.14. The van der Waals surface area contributed by atoms with Gasteiger partial charge in [0.15, 0.2) is 0 Å². The molecule has 0 fully saturated rings. The van der Waals surface area contributed by atoms with Crippen LogP contribution in [0.15, 0.2) is 9.59 Å². The molecule has 0 aliphatic rings. The van der Waals surface area contributed by atoms with Gasteiger partial charge in [0, 0.05) is 0 Å². The molecule has 0 aliphatic heterocycles. The number of hydrogen-bond donors (Lipinski definition) is 3. The summed E-state index contributed by atoms with van der Waals surface area (Å²) in [5, 5.41) is 4.25. The maximum atomic E-state index is 10.9. The molecule has 1 heterocycles. The Labute approximate surface area is 72.4 Å². The van der Waals surface area contributed by atoms with Gasteiger partial charge in [-0.1, -0.05) is 12.2 Å². The topological polar surface area (TPSA) is 96.7 Å². The summed E-state index contributed by atoms with van der Waals surface area (Å²) in [6, 6.07) is -0.567. The van der Waals surface area contributed by atoms with Crippen LogP contribution in [-0.4, -0.2) is 19.8 Å². The van der Waals surface area contributed by atoms with Crippen LogP contribution in [0.1, 0.15) is 13.0 Å². The van der Waals surface area contributed by atoms with Gasteiger partial charge >= 0.3 is 11.4 Å². The van der Waals surface area contributed by atoms with Gasteiger partial charge in [0.05, 0.1) is 11.0 Å². The molecule has 0 aliphatic carbocycles. The van der Waals surface area contributed by atoms with Crippen LogP contribution in [0, 0.1) is 0 Å². The second-order valence-corrected chi connectivity index (χ2v) is 2.78. The Balaban J connectivity index is 3.27. The first-order valence-corrected chi connectivity index (χ1v) is 3.63. The predicted molar refractivity (Wildman–Crippen MR) is 47.2 cm³/mol. The number of nitrogens with zero attached hydrogens (tertiary/aromatic N) is 1. The minimum atomic E-state index is -0.567. The van der Waals surface area contributed by atoms with Crippen molar-refractivity contribution in [2.45, 2.75) is 13.0 Å². The third-order valence-electron chi connectivity index (χ3n) is 1.51. The Kier molecular flexibility index (Phi) is 2.13. The van der Waals surface area contributed by atoms with Crippen LogP contribution in [0.3, 0.4) is 0 Å². The zero-order valence-electron chi connectivity index (χ0n) is 6.33. The smallest absolute Gasteiger partial charge is 0.344 e. The van der Waals surface area contributed by atoms with Gasteiger partial charge in [0.2, 0.25) is 0 Å². The highest BCUT2D eigenvalue weighted by Crippen LogP contribution is 1.96. The quantitative estimate of drug-likeness (QED) is 0.503. The van der Waals surface area contributed by atoms with Gasteiger partial charge in [0.25, 0.3) is 0 Å². The van der Waals surface area contributed by atoms with Gasteiger partial charge in [0.1, 0.15) is 0 Å². The molecule has 0 saturated heterocycles. The van der Waals surface area contributed by atoms with E-state index in [1.54, 1.807) is 6.92 Å².